The molecule has 0 spiro atoms. The Morgan fingerprint density at radius 1 is 0.448 bits per heavy atom. The van der Waals surface area contributed by atoms with Gasteiger partial charge in [0.25, 0.3) is 0 Å². The van der Waals surface area contributed by atoms with E-state index in [0.29, 0.717) is 0 Å². The Hall–Kier alpha value is -7.16. The molecule has 0 aliphatic heterocycles. The first-order valence-electron chi connectivity index (χ1n) is 20.4. The molecule has 1 heterocycles. The van der Waals surface area contributed by atoms with E-state index in [1.54, 1.807) is 0 Å². The Kier molecular flexibility index (Phi) is 7.22. The third-order valence-corrected chi connectivity index (χ3v) is 13.2. The van der Waals surface area contributed by atoms with Crippen molar-refractivity contribution in [3.63, 3.8) is 0 Å². The average molecular weight is 742 g/mol. The summed E-state index contributed by atoms with van der Waals surface area (Å²) in [5.41, 5.74) is 16.3. The average Bonchev–Trinajstić information content (AvgIpc) is 3.83. The van der Waals surface area contributed by atoms with Crippen LogP contribution in [0.1, 0.15) is 45.4 Å². The molecule has 0 saturated heterocycles. The van der Waals surface area contributed by atoms with Crippen LogP contribution in [0.15, 0.2) is 223 Å². The molecule has 0 saturated carbocycles. The molecule has 1 aromatic heterocycles. The van der Waals surface area contributed by atoms with Crippen molar-refractivity contribution >= 4 is 39.0 Å². The molecule has 0 N–H and O–H groups in total. The summed E-state index contributed by atoms with van der Waals surface area (Å²) in [6.07, 6.45) is 10.3. The molecule has 0 amide bonds. The summed E-state index contributed by atoms with van der Waals surface area (Å²) in [5.74, 6) is 0.266. The van der Waals surface area contributed by atoms with Crippen molar-refractivity contribution in [3.8, 4) is 11.1 Å². The Morgan fingerprint density at radius 3 is 1.88 bits per heavy atom. The van der Waals surface area contributed by atoms with E-state index >= 15 is 0 Å². The van der Waals surface area contributed by atoms with Gasteiger partial charge in [0.05, 0.1) is 10.8 Å². The second-order valence-corrected chi connectivity index (χ2v) is 15.9. The fourth-order valence-electron chi connectivity index (χ4n) is 11.0. The summed E-state index contributed by atoms with van der Waals surface area (Å²) in [5, 5.41) is 2.23. The standard InChI is InChI=1S/C56H39NO/c1-4-17-38(18-5-1)55(40-31-33-42(34-32-40)57(41-21-8-3-9-22-41)43-35-36-53-47(37-43)45-24-11-15-30-52(45)58-53)49-27-13-14-28-50(49)56(39-19-6-2-7-20-39)48-26-12-10-23-44(48)46-25-16-29-51(55)54(46)56/h1-19,21-37,39H,20H2. The van der Waals surface area contributed by atoms with E-state index in [2.05, 4.69) is 211 Å². The highest BCUT2D eigenvalue weighted by Gasteiger charge is 2.59. The maximum atomic E-state index is 6.25. The Balaban J connectivity index is 1.11. The molecule has 9 aromatic rings. The van der Waals surface area contributed by atoms with Crippen LogP contribution in [0.25, 0.3) is 33.1 Å². The van der Waals surface area contributed by atoms with Crippen molar-refractivity contribution in [2.24, 2.45) is 5.92 Å². The monoisotopic (exact) mass is 741 g/mol. The van der Waals surface area contributed by atoms with Crippen LogP contribution in [0.2, 0.25) is 0 Å². The number of furan rings is 1. The van der Waals surface area contributed by atoms with Crippen LogP contribution in [0.4, 0.5) is 17.1 Å². The van der Waals surface area contributed by atoms with Gasteiger partial charge in [-0.3, -0.25) is 0 Å². The minimum Gasteiger partial charge on any atom is -0.456 e. The zero-order valence-electron chi connectivity index (χ0n) is 31.9. The van der Waals surface area contributed by atoms with Gasteiger partial charge in [-0.25, -0.2) is 0 Å². The molecule has 58 heavy (non-hydrogen) atoms. The first-order valence-corrected chi connectivity index (χ1v) is 20.4. The fourth-order valence-corrected chi connectivity index (χ4v) is 11.0. The third kappa shape index (κ3) is 4.43. The first kappa shape index (κ1) is 33.0. The van der Waals surface area contributed by atoms with Gasteiger partial charge in [0, 0.05) is 27.8 Å². The van der Waals surface area contributed by atoms with E-state index in [1.165, 1.54) is 50.1 Å². The largest absolute Gasteiger partial charge is 0.456 e. The minimum atomic E-state index is -0.576. The van der Waals surface area contributed by atoms with E-state index in [4.69, 9.17) is 4.42 Å². The van der Waals surface area contributed by atoms with E-state index < -0.39 is 5.41 Å². The molecule has 8 aromatic carbocycles. The molecule has 3 aliphatic carbocycles. The zero-order chi connectivity index (χ0) is 38.3. The van der Waals surface area contributed by atoms with Crippen molar-refractivity contribution in [2.45, 2.75) is 17.3 Å². The summed E-state index contributed by atoms with van der Waals surface area (Å²) in [6, 6.07) is 71.8. The fraction of sp³-hybridized carbons (Fsp3) is 0.0714. The number of allylic oxidation sites excluding steroid dienone is 4. The molecule has 12 rings (SSSR count). The topological polar surface area (TPSA) is 16.4 Å². The van der Waals surface area contributed by atoms with Gasteiger partial charge in [-0.2, -0.15) is 0 Å². The van der Waals surface area contributed by atoms with Gasteiger partial charge in [0.2, 0.25) is 0 Å². The summed E-state index contributed by atoms with van der Waals surface area (Å²) in [6.45, 7) is 0. The quantitative estimate of drug-likeness (QED) is 0.169. The number of fused-ring (bicyclic) bond motifs is 8. The summed E-state index contributed by atoms with van der Waals surface area (Å²) in [4.78, 5) is 2.36. The zero-order valence-corrected chi connectivity index (χ0v) is 31.9. The van der Waals surface area contributed by atoms with Gasteiger partial charge < -0.3 is 9.32 Å². The van der Waals surface area contributed by atoms with E-state index in [-0.39, 0.29) is 11.3 Å². The van der Waals surface area contributed by atoms with Gasteiger partial charge in [0.1, 0.15) is 11.2 Å². The summed E-state index contributed by atoms with van der Waals surface area (Å²) in [7, 11) is 0. The minimum absolute atomic E-state index is 0.266. The van der Waals surface area contributed by atoms with Crippen molar-refractivity contribution < 1.29 is 4.42 Å². The smallest absolute Gasteiger partial charge is 0.135 e. The predicted octanol–water partition coefficient (Wildman–Crippen LogP) is 14.2. The van der Waals surface area contributed by atoms with Crippen LogP contribution in [0.3, 0.4) is 0 Å². The molecule has 2 heteroatoms. The maximum absolute atomic E-state index is 6.25. The number of rotatable bonds is 6. The molecule has 3 unspecified atom stereocenters. The van der Waals surface area contributed by atoms with Gasteiger partial charge in [-0.15, -0.1) is 0 Å². The second kappa shape index (κ2) is 12.7. The van der Waals surface area contributed by atoms with Crippen LogP contribution < -0.4 is 4.90 Å². The van der Waals surface area contributed by atoms with E-state index in [9.17, 15) is 0 Å². The van der Waals surface area contributed by atoms with Gasteiger partial charge in [0.15, 0.2) is 0 Å². The van der Waals surface area contributed by atoms with Crippen molar-refractivity contribution in [2.75, 3.05) is 4.90 Å². The van der Waals surface area contributed by atoms with Gasteiger partial charge in [-0.05, 0) is 111 Å². The molecule has 274 valence electrons. The number of nitrogens with zero attached hydrogens (tertiary/aromatic N) is 1. The van der Waals surface area contributed by atoms with Crippen LogP contribution in [-0.2, 0) is 10.8 Å². The lowest BCUT2D eigenvalue weighted by molar-refractivity contribution is 0.431. The van der Waals surface area contributed by atoms with E-state index in [1.807, 2.05) is 12.1 Å². The molecule has 0 bridgehead atoms. The Bertz CT molecular complexity index is 3100. The highest BCUT2D eigenvalue weighted by atomic mass is 16.3. The highest BCUT2D eigenvalue weighted by Crippen LogP contribution is 2.66. The van der Waals surface area contributed by atoms with Crippen molar-refractivity contribution in [1.82, 2.24) is 0 Å². The lowest BCUT2D eigenvalue weighted by Crippen LogP contribution is -2.47. The third-order valence-electron chi connectivity index (χ3n) is 13.2. The number of para-hydroxylation sites is 2. The van der Waals surface area contributed by atoms with Crippen LogP contribution >= 0.6 is 0 Å². The lowest BCUT2D eigenvalue weighted by atomic mass is 9.50. The summed E-state index contributed by atoms with van der Waals surface area (Å²) < 4.78 is 6.25. The molecule has 3 aliphatic rings. The second-order valence-electron chi connectivity index (χ2n) is 15.9. The number of hydrogen-bond donors (Lipinski definition) is 0. The normalized spacial score (nSPS) is 19.8. The van der Waals surface area contributed by atoms with Crippen LogP contribution in [0, 0.1) is 5.92 Å². The highest BCUT2D eigenvalue weighted by molar-refractivity contribution is 6.06. The van der Waals surface area contributed by atoms with E-state index in [0.717, 1.165) is 45.4 Å². The molecular formula is C56H39NO. The summed E-state index contributed by atoms with van der Waals surface area (Å²) >= 11 is 0. The maximum Gasteiger partial charge on any atom is 0.135 e. The number of benzene rings is 8. The van der Waals surface area contributed by atoms with Crippen molar-refractivity contribution in [3.05, 3.63) is 257 Å². The molecule has 2 nitrogen and oxygen atoms in total. The van der Waals surface area contributed by atoms with Crippen LogP contribution in [-0.4, -0.2) is 0 Å². The lowest BCUT2D eigenvalue weighted by Gasteiger charge is -2.51. The molecule has 0 radical (unpaired) electrons. The molecule has 0 fully saturated rings. The molecular weight excluding hydrogens is 703 g/mol. The predicted molar refractivity (Wildman–Crippen MR) is 238 cm³/mol. The SMILES string of the molecule is C1=CCC(C23c4ccccc4-c4cccc(c42)C(c2ccccc2)(c2ccc(N(c4ccccc4)c4ccc5oc6ccccc6c5c4)cc2)c2ccccc23)C=C1. The molecule has 3 atom stereocenters. The Labute approximate surface area is 338 Å². The van der Waals surface area contributed by atoms with Gasteiger partial charge in [-0.1, -0.05) is 170 Å². The van der Waals surface area contributed by atoms with Crippen LogP contribution in [0.5, 0.6) is 0 Å². The first-order chi connectivity index (χ1) is 28.8. The van der Waals surface area contributed by atoms with Gasteiger partial charge >= 0.3 is 0 Å². The number of hydrogen-bond acceptors (Lipinski definition) is 2. The Morgan fingerprint density at radius 2 is 1.07 bits per heavy atom. The van der Waals surface area contributed by atoms with Crippen molar-refractivity contribution in [1.29, 1.82) is 0 Å². The number of anilines is 3.